The molecule has 2 aromatic carbocycles. The normalized spacial score (nSPS) is 17.6. The molecule has 2 aliphatic rings. The predicted octanol–water partition coefficient (Wildman–Crippen LogP) is 3.82. The van der Waals surface area contributed by atoms with E-state index in [0.717, 1.165) is 49.9 Å². The highest BCUT2D eigenvalue weighted by atomic mass is 16.2. The summed E-state index contributed by atoms with van der Waals surface area (Å²) in [6.07, 6.45) is 3.93. The first-order chi connectivity index (χ1) is 13.6. The van der Waals surface area contributed by atoms with Crippen molar-refractivity contribution in [3.8, 4) is 0 Å². The van der Waals surface area contributed by atoms with Crippen molar-refractivity contribution in [2.45, 2.75) is 50.6 Å². The molecule has 0 N–H and O–H groups in total. The molecule has 1 aliphatic carbocycles. The van der Waals surface area contributed by atoms with Crippen molar-refractivity contribution in [3.63, 3.8) is 0 Å². The average Bonchev–Trinajstić information content (AvgIpc) is 3.55. The monoisotopic (exact) mass is 376 g/mol. The van der Waals surface area contributed by atoms with E-state index in [1.807, 2.05) is 41.3 Å². The standard InChI is InChI=1S/C24H28N2O2/c1-18(27)25-16-14-22(15-17-25)26(21-12-13-21)24(28)23(19-8-4-2-5-9-19)20-10-6-3-7-11-20/h2-11,21-23H,12-17H2,1H3. The van der Waals surface area contributed by atoms with Gasteiger partial charge in [-0.2, -0.15) is 0 Å². The molecule has 0 bridgehead atoms. The maximum atomic E-state index is 13.9. The SMILES string of the molecule is CC(=O)N1CCC(N(C(=O)C(c2ccccc2)c2ccccc2)C2CC2)CC1. The highest BCUT2D eigenvalue weighted by molar-refractivity contribution is 5.88. The van der Waals surface area contributed by atoms with Gasteiger partial charge in [0.2, 0.25) is 11.8 Å². The van der Waals surface area contributed by atoms with Crippen molar-refractivity contribution in [1.29, 1.82) is 0 Å². The molecular weight excluding hydrogens is 348 g/mol. The smallest absolute Gasteiger partial charge is 0.235 e. The molecule has 0 unspecified atom stereocenters. The van der Waals surface area contributed by atoms with E-state index in [-0.39, 0.29) is 23.8 Å². The molecule has 2 fully saturated rings. The molecule has 1 heterocycles. The summed E-state index contributed by atoms with van der Waals surface area (Å²) in [5.41, 5.74) is 2.09. The van der Waals surface area contributed by atoms with Crippen LogP contribution in [-0.4, -0.2) is 46.8 Å². The topological polar surface area (TPSA) is 40.6 Å². The van der Waals surface area contributed by atoms with Gasteiger partial charge in [-0.25, -0.2) is 0 Å². The Balaban J connectivity index is 1.62. The summed E-state index contributed by atoms with van der Waals surface area (Å²) in [6, 6.07) is 20.8. The number of carbonyl (C=O) groups excluding carboxylic acids is 2. The lowest BCUT2D eigenvalue weighted by atomic mass is 9.88. The fourth-order valence-electron chi connectivity index (χ4n) is 4.39. The quantitative estimate of drug-likeness (QED) is 0.796. The third-order valence-corrected chi connectivity index (χ3v) is 6.01. The summed E-state index contributed by atoms with van der Waals surface area (Å²) < 4.78 is 0. The van der Waals surface area contributed by atoms with E-state index in [4.69, 9.17) is 0 Å². The number of benzene rings is 2. The van der Waals surface area contributed by atoms with Crippen LogP contribution in [0.3, 0.4) is 0 Å². The van der Waals surface area contributed by atoms with Crippen LogP contribution < -0.4 is 0 Å². The van der Waals surface area contributed by atoms with Gasteiger partial charge in [0.1, 0.15) is 0 Å². The van der Waals surface area contributed by atoms with Crippen molar-refractivity contribution in [1.82, 2.24) is 9.80 Å². The Labute approximate surface area is 167 Å². The Kier molecular flexibility index (Phi) is 5.47. The summed E-state index contributed by atoms with van der Waals surface area (Å²) in [5, 5.41) is 0. The number of carbonyl (C=O) groups is 2. The van der Waals surface area contributed by atoms with Crippen LogP contribution in [0.1, 0.15) is 49.7 Å². The van der Waals surface area contributed by atoms with Crippen molar-refractivity contribution in [2.24, 2.45) is 0 Å². The first-order valence-corrected chi connectivity index (χ1v) is 10.3. The maximum Gasteiger partial charge on any atom is 0.235 e. The van der Waals surface area contributed by atoms with Gasteiger partial charge in [-0.3, -0.25) is 9.59 Å². The Bertz CT molecular complexity index is 770. The summed E-state index contributed by atoms with van der Waals surface area (Å²) in [7, 11) is 0. The molecule has 0 radical (unpaired) electrons. The number of nitrogens with zero attached hydrogens (tertiary/aromatic N) is 2. The summed E-state index contributed by atoms with van der Waals surface area (Å²) in [5.74, 6) is 0.0733. The number of hydrogen-bond donors (Lipinski definition) is 0. The maximum absolute atomic E-state index is 13.9. The molecule has 4 heteroatoms. The third kappa shape index (κ3) is 3.96. The molecule has 0 aromatic heterocycles. The minimum atomic E-state index is -0.270. The fourth-order valence-corrected chi connectivity index (χ4v) is 4.39. The van der Waals surface area contributed by atoms with Crippen molar-refractivity contribution >= 4 is 11.8 Å². The highest BCUT2D eigenvalue weighted by Gasteiger charge is 2.41. The van der Waals surface area contributed by atoms with Crippen LogP contribution >= 0.6 is 0 Å². The van der Waals surface area contributed by atoms with E-state index >= 15 is 0 Å². The van der Waals surface area contributed by atoms with Crippen LogP contribution in [-0.2, 0) is 9.59 Å². The van der Waals surface area contributed by atoms with Crippen LogP contribution in [0.15, 0.2) is 60.7 Å². The first-order valence-electron chi connectivity index (χ1n) is 10.3. The highest BCUT2D eigenvalue weighted by Crippen LogP contribution is 2.37. The van der Waals surface area contributed by atoms with E-state index in [1.54, 1.807) is 6.92 Å². The van der Waals surface area contributed by atoms with Crippen LogP contribution in [0.25, 0.3) is 0 Å². The van der Waals surface area contributed by atoms with E-state index in [1.165, 1.54) is 0 Å². The number of hydrogen-bond acceptors (Lipinski definition) is 2. The van der Waals surface area contributed by atoms with E-state index in [0.29, 0.717) is 6.04 Å². The largest absolute Gasteiger partial charge is 0.343 e. The lowest BCUT2D eigenvalue weighted by Gasteiger charge is -2.40. The number of piperidine rings is 1. The molecule has 2 amide bonds. The minimum Gasteiger partial charge on any atom is -0.343 e. The summed E-state index contributed by atoms with van der Waals surface area (Å²) in [6.45, 7) is 3.13. The van der Waals surface area contributed by atoms with Gasteiger partial charge in [-0.15, -0.1) is 0 Å². The van der Waals surface area contributed by atoms with Crippen LogP contribution in [0, 0.1) is 0 Å². The third-order valence-electron chi connectivity index (χ3n) is 6.01. The zero-order chi connectivity index (χ0) is 19.5. The second kappa shape index (κ2) is 8.17. The predicted molar refractivity (Wildman–Crippen MR) is 110 cm³/mol. The molecule has 146 valence electrons. The minimum absolute atomic E-state index is 0.134. The molecule has 1 aliphatic heterocycles. The van der Waals surface area contributed by atoms with E-state index < -0.39 is 0 Å². The molecule has 4 rings (SSSR count). The number of rotatable bonds is 5. The Morgan fingerprint density at radius 3 is 1.71 bits per heavy atom. The van der Waals surface area contributed by atoms with Gasteiger partial charge >= 0.3 is 0 Å². The zero-order valence-electron chi connectivity index (χ0n) is 16.5. The van der Waals surface area contributed by atoms with Crippen LogP contribution in [0.5, 0.6) is 0 Å². The van der Waals surface area contributed by atoms with Gasteiger partial charge in [0.05, 0.1) is 5.92 Å². The Hall–Kier alpha value is -2.62. The molecule has 1 saturated heterocycles. The first kappa shape index (κ1) is 18.7. The lowest BCUT2D eigenvalue weighted by Crippen LogP contribution is -2.50. The second-order valence-electron chi connectivity index (χ2n) is 7.97. The fraction of sp³-hybridized carbons (Fsp3) is 0.417. The van der Waals surface area contributed by atoms with Crippen molar-refractivity contribution in [3.05, 3.63) is 71.8 Å². The molecule has 28 heavy (non-hydrogen) atoms. The average molecular weight is 377 g/mol. The number of amides is 2. The second-order valence-corrected chi connectivity index (χ2v) is 7.97. The molecule has 0 atom stereocenters. The molecular formula is C24H28N2O2. The Morgan fingerprint density at radius 2 is 1.29 bits per heavy atom. The van der Waals surface area contributed by atoms with Crippen molar-refractivity contribution in [2.75, 3.05) is 13.1 Å². The van der Waals surface area contributed by atoms with Crippen molar-refractivity contribution < 1.29 is 9.59 Å². The van der Waals surface area contributed by atoms with E-state index in [9.17, 15) is 9.59 Å². The van der Waals surface area contributed by atoms with Gasteiger partial charge in [-0.05, 0) is 36.8 Å². The van der Waals surface area contributed by atoms with E-state index in [2.05, 4.69) is 29.2 Å². The van der Waals surface area contributed by atoms with Gasteiger partial charge < -0.3 is 9.80 Å². The van der Waals surface area contributed by atoms with Gasteiger partial charge in [-0.1, -0.05) is 60.7 Å². The zero-order valence-corrected chi connectivity index (χ0v) is 16.5. The van der Waals surface area contributed by atoms with Crippen LogP contribution in [0.4, 0.5) is 0 Å². The molecule has 4 nitrogen and oxygen atoms in total. The Morgan fingerprint density at radius 1 is 0.821 bits per heavy atom. The molecule has 1 saturated carbocycles. The summed E-state index contributed by atoms with van der Waals surface area (Å²) >= 11 is 0. The van der Waals surface area contributed by atoms with Gasteiger partial charge in [0.25, 0.3) is 0 Å². The van der Waals surface area contributed by atoms with Gasteiger partial charge in [0, 0.05) is 32.1 Å². The molecule has 0 spiro atoms. The lowest BCUT2D eigenvalue weighted by molar-refractivity contribution is -0.137. The van der Waals surface area contributed by atoms with Gasteiger partial charge in [0.15, 0.2) is 0 Å². The number of likely N-dealkylation sites (tertiary alicyclic amines) is 1. The molecule has 2 aromatic rings. The summed E-state index contributed by atoms with van der Waals surface area (Å²) in [4.78, 5) is 29.6. The van der Waals surface area contributed by atoms with Crippen LogP contribution in [0.2, 0.25) is 0 Å².